The maximum Gasteiger partial charge on any atom is 0.194 e. The molecule has 0 bridgehead atoms. The molecule has 1 atom stereocenters. The third-order valence-corrected chi connectivity index (χ3v) is 5.60. The minimum atomic E-state index is 0.704. The van der Waals surface area contributed by atoms with E-state index in [9.17, 15) is 0 Å². The maximum absolute atomic E-state index is 4.44. The number of hydrogen-bond donors (Lipinski definition) is 1. The first-order valence-corrected chi connectivity index (χ1v) is 9.34. The summed E-state index contributed by atoms with van der Waals surface area (Å²) in [4.78, 5) is 12.5. The summed E-state index contributed by atoms with van der Waals surface area (Å²) in [5.74, 6) is 3.87. The molecule has 6 heteroatoms. The van der Waals surface area contributed by atoms with Gasteiger partial charge in [0, 0.05) is 50.2 Å². The van der Waals surface area contributed by atoms with Crippen LogP contribution in [0.25, 0.3) is 0 Å². The van der Waals surface area contributed by atoms with Crippen molar-refractivity contribution in [1.29, 1.82) is 0 Å². The van der Waals surface area contributed by atoms with Crippen LogP contribution in [0.2, 0.25) is 0 Å². The van der Waals surface area contributed by atoms with Gasteiger partial charge in [0.25, 0.3) is 0 Å². The first-order valence-electron chi connectivity index (χ1n) is 8.36. The summed E-state index contributed by atoms with van der Waals surface area (Å²) >= 11 is 1.95. The molecule has 1 saturated heterocycles. The molecule has 0 saturated carbocycles. The number of rotatable bonds is 5. The third-order valence-electron chi connectivity index (χ3n) is 4.35. The summed E-state index contributed by atoms with van der Waals surface area (Å²) in [6, 6.07) is 10.6. The van der Waals surface area contributed by atoms with Crippen molar-refractivity contribution >= 4 is 17.7 Å². The van der Waals surface area contributed by atoms with Crippen LogP contribution in [0.15, 0.2) is 52.6 Å². The van der Waals surface area contributed by atoms with Gasteiger partial charge in [-0.25, -0.2) is 4.98 Å². The van der Waals surface area contributed by atoms with Crippen molar-refractivity contribution < 1.29 is 0 Å². The van der Waals surface area contributed by atoms with Gasteiger partial charge in [-0.2, -0.15) is 0 Å². The molecule has 1 aliphatic heterocycles. The second-order valence-electron chi connectivity index (χ2n) is 6.08. The van der Waals surface area contributed by atoms with Gasteiger partial charge in [0.15, 0.2) is 5.96 Å². The topological polar surface area (TPSA) is 45.5 Å². The summed E-state index contributed by atoms with van der Waals surface area (Å²) in [7, 11) is 3.87. The van der Waals surface area contributed by atoms with Crippen molar-refractivity contribution in [3.8, 4) is 0 Å². The van der Waals surface area contributed by atoms with E-state index in [0.717, 1.165) is 30.6 Å². The molecule has 1 aromatic carbocycles. The fourth-order valence-electron chi connectivity index (χ4n) is 2.95. The number of likely N-dealkylation sites (tertiary alicyclic amines) is 1. The lowest BCUT2D eigenvalue weighted by Gasteiger charge is -2.21. The molecule has 24 heavy (non-hydrogen) atoms. The number of aliphatic imine (C=N–C) groups is 1. The summed E-state index contributed by atoms with van der Waals surface area (Å²) < 4.78 is 2.03. The zero-order valence-corrected chi connectivity index (χ0v) is 15.2. The summed E-state index contributed by atoms with van der Waals surface area (Å²) in [6.07, 6.45) is 5.02. The monoisotopic (exact) mass is 343 g/mol. The van der Waals surface area contributed by atoms with Gasteiger partial charge in [0.2, 0.25) is 0 Å². The predicted molar refractivity (Wildman–Crippen MR) is 100 cm³/mol. The normalized spacial score (nSPS) is 18.2. The average molecular weight is 344 g/mol. The van der Waals surface area contributed by atoms with E-state index in [-0.39, 0.29) is 0 Å². The Morgan fingerprint density at radius 3 is 2.92 bits per heavy atom. The van der Waals surface area contributed by atoms with Crippen LogP contribution in [-0.4, -0.2) is 46.3 Å². The van der Waals surface area contributed by atoms with Crippen LogP contribution in [0.4, 0.5) is 0 Å². The predicted octanol–water partition coefficient (Wildman–Crippen LogP) is 2.61. The molecule has 5 nitrogen and oxygen atoms in total. The number of aryl methyl sites for hydroxylation is 1. The number of guanidine groups is 1. The Labute approximate surface area is 148 Å². The minimum Gasteiger partial charge on any atom is -0.349 e. The maximum atomic E-state index is 4.44. The molecule has 1 N–H and O–H groups in total. The second-order valence-corrected chi connectivity index (χ2v) is 7.17. The first kappa shape index (κ1) is 16.9. The molecular weight excluding hydrogens is 318 g/mol. The number of thioether (sulfide) groups is 1. The highest BCUT2D eigenvalue weighted by molar-refractivity contribution is 7.99. The highest BCUT2D eigenvalue weighted by Crippen LogP contribution is 2.25. The van der Waals surface area contributed by atoms with Gasteiger partial charge >= 0.3 is 0 Å². The van der Waals surface area contributed by atoms with E-state index in [1.54, 1.807) is 0 Å². The molecule has 3 rings (SSSR count). The van der Waals surface area contributed by atoms with E-state index in [0.29, 0.717) is 12.5 Å². The number of hydrogen-bond acceptors (Lipinski definition) is 3. The van der Waals surface area contributed by atoms with Crippen LogP contribution in [0, 0.1) is 5.92 Å². The summed E-state index contributed by atoms with van der Waals surface area (Å²) in [5, 5.41) is 3.43. The Morgan fingerprint density at radius 1 is 1.38 bits per heavy atom. The Balaban J connectivity index is 1.47. The number of nitrogens with zero attached hydrogens (tertiary/aromatic N) is 4. The molecule has 0 amide bonds. The van der Waals surface area contributed by atoms with Crippen molar-refractivity contribution in [2.75, 3.05) is 25.9 Å². The number of imidazole rings is 1. The molecule has 0 aliphatic carbocycles. The van der Waals surface area contributed by atoms with Crippen molar-refractivity contribution in [3.05, 3.63) is 48.5 Å². The van der Waals surface area contributed by atoms with Crippen LogP contribution in [0.3, 0.4) is 0 Å². The van der Waals surface area contributed by atoms with Crippen molar-refractivity contribution in [2.24, 2.45) is 18.0 Å². The van der Waals surface area contributed by atoms with Crippen LogP contribution < -0.4 is 5.32 Å². The fourth-order valence-corrected chi connectivity index (χ4v) is 4.00. The fraction of sp³-hybridized carbons (Fsp3) is 0.444. The highest BCUT2D eigenvalue weighted by Gasteiger charge is 2.24. The van der Waals surface area contributed by atoms with Gasteiger partial charge in [-0.1, -0.05) is 18.2 Å². The van der Waals surface area contributed by atoms with E-state index < -0.39 is 0 Å². The van der Waals surface area contributed by atoms with E-state index in [1.807, 2.05) is 42.8 Å². The van der Waals surface area contributed by atoms with Gasteiger partial charge in [-0.05, 0) is 24.5 Å². The molecule has 2 aromatic rings. The number of nitrogens with one attached hydrogen (secondary N) is 1. The standard InChI is InChI=1S/C18H25N5S/c1-19-18(21-12-17-20-9-11-22(17)2)23-10-8-15(13-23)14-24-16-6-4-3-5-7-16/h3-7,9,11,15H,8,10,12-14H2,1-2H3,(H,19,21). The van der Waals surface area contributed by atoms with Crippen LogP contribution in [0.5, 0.6) is 0 Å². The zero-order valence-electron chi connectivity index (χ0n) is 14.4. The minimum absolute atomic E-state index is 0.704. The number of benzene rings is 1. The largest absolute Gasteiger partial charge is 0.349 e. The smallest absolute Gasteiger partial charge is 0.194 e. The molecule has 0 spiro atoms. The van der Waals surface area contributed by atoms with E-state index in [4.69, 9.17) is 0 Å². The third kappa shape index (κ3) is 4.32. The Kier molecular flexibility index (Phi) is 5.80. The van der Waals surface area contributed by atoms with Crippen molar-refractivity contribution in [2.45, 2.75) is 17.9 Å². The number of aromatic nitrogens is 2. The molecule has 1 aliphatic rings. The van der Waals surface area contributed by atoms with E-state index in [2.05, 4.69) is 50.5 Å². The molecule has 2 heterocycles. The van der Waals surface area contributed by atoms with Gasteiger partial charge in [-0.3, -0.25) is 4.99 Å². The molecule has 1 unspecified atom stereocenters. The lowest BCUT2D eigenvalue weighted by atomic mass is 10.2. The lowest BCUT2D eigenvalue weighted by molar-refractivity contribution is 0.472. The second kappa shape index (κ2) is 8.24. The lowest BCUT2D eigenvalue weighted by Crippen LogP contribution is -2.40. The van der Waals surface area contributed by atoms with Crippen LogP contribution in [-0.2, 0) is 13.6 Å². The SMILES string of the molecule is CN=C(NCc1nccn1C)N1CCC(CSc2ccccc2)C1. The highest BCUT2D eigenvalue weighted by atomic mass is 32.2. The average Bonchev–Trinajstić information content (AvgIpc) is 3.24. The van der Waals surface area contributed by atoms with Crippen molar-refractivity contribution in [3.63, 3.8) is 0 Å². The molecule has 1 aromatic heterocycles. The zero-order chi connectivity index (χ0) is 16.8. The molecule has 1 fully saturated rings. The Bertz CT molecular complexity index is 667. The molecule has 128 valence electrons. The summed E-state index contributed by atoms with van der Waals surface area (Å²) in [6.45, 7) is 2.84. The van der Waals surface area contributed by atoms with Gasteiger partial charge in [-0.15, -0.1) is 11.8 Å². The Morgan fingerprint density at radius 2 is 2.21 bits per heavy atom. The summed E-state index contributed by atoms with van der Waals surface area (Å²) in [5.41, 5.74) is 0. The van der Waals surface area contributed by atoms with E-state index in [1.165, 1.54) is 11.3 Å². The molecule has 0 radical (unpaired) electrons. The molecular formula is C18H25N5S. The van der Waals surface area contributed by atoms with Gasteiger partial charge in [0.05, 0.1) is 6.54 Å². The van der Waals surface area contributed by atoms with Gasteiger partial charge < -0.3 is 14.8 Å². The van der Waals surface area contributed by atoms with Crippen LogP contribution >= 0.6 is 11.8 Å². The van der Waals surface area contributed by atoms with E-state index >= 15 is 0 Å². The van der Waals surface area contributed by atoms with Crippen molar-refractivity contribution in [1.82, 2.24) is 19.8 Å². The van der Waals surface area contributed by atoms with Crippen LogP contribution in [0.1, 0.15) is 12.2 Å². The van der Waals surface area contributed by atoms with Gasteiger partial charge in [0.1, 0.15) is 5.82 Å². The Hall–Kier alpha value is -1.95. The quantitative estimate of drug-likeness (QED) is 0.515. The first-order chi connectivity index (χ1) is 11.8.